The van der Waals surface area contributed by atoms with Gasteiger partial charge in [0.15, 0.2) is 0 Å². The monoisotopic (exact) mass is 246 g/mol. The molecule has 0 aliphatic heterocycles. The zero-order chi connectivity index (χ0) is 12.2. The van der Waals surface area contributed by atoms with Crippen LogP contribution in [0.25, 0.3) is 0 Å². The van der Waals surface area contributed by atoms with Gasteiger partial charge >= 0.3 is 0 Å². The van der Waals surface area contributed by atoms with Crippen molar-refractivity contribution in [2.45, 2.75) is 25.9 Å². The molecule has 92 valence electrons. The summed E-state index contributed by atoms with van der Waals surface area (Å²) in [5.74, 6) is 0. The Hall–Kier alpha value is -0.920. The average molecular weight is 246 g/mol. The highest BCUT2D eigenvalue weighted by Crippen LogP contribution is 2.02. The van der Waals surface area contributed by atoms with Crippen LogP contribution in [0.1, 0.15) is 19.5 Å². The Labute approximate surface area is 95.9 Å². The van der Waals surface area contributed by atoms with Gasteiger partial charge in [-0.3, -0.25) is 5.10 Å². The van der Waals surface area contributed by atoms with Gasteiger partial charge in [-0.25, -0.2) is 13.1 Å². The number of nitrogens with zero attached hydrogens (tertiary/aromatic N) is 1. The molecule has 16 heavy (non-hydrogen) atoms. The van der Waals surface area contributed by atoms with Crippen molar-refractivity contribution in [3.8, 4) is 0 Å². The van der Waals surface area contributed by atoms with Gasteiger partial charge in [0.1, 0.15) is 0 Å². The third kappa shape index (κ3) is 5.24. The summed E-state index contributed by atoms with van der Waals surface area (Å²) >= 11 is 0. The van der Waals surface area contributed by atoms with Gasteiger partial charge in [-0.1, -0.05) is 0 Å². The van der Waals surface area contributed by atoms with Crippen molar-refractivity contribution in [3.63, 3.8) is 0 Å². The Bertz CT molecular complexity index is 411. The van der Waals surface area contributed by atoms with E-state index in [0.29, 0.717) is 13.1 Å². The molecule has 1 heterocycles. The number of aromatic amines is 1. The number of rotatable bonds is 6. The lowest BCUT2D eigenvalue weighted by atomic mass is 10.1. The average Bonchev–Trinajstić information content (AvgIpc) is 2.51. The molecule has 0 bridgehead atoms. The SMILES string of the molecule is CC(C)(CNCc1ccn[nH]1)NS(C)(=O)=O. The lowest BCUT2D eigenvalue weighted by Gasteiger charge is -2.25. The van der Waals surface area contributed by atoms with Gasteiger partial charge < -0.3 is 5.32 Å². The van der Waals surface area contributed by atoms with E-state index in [1.165, 1.54) is 0 Å². The molecule has 1 aromatic rings. The molecule has 0 saturated carbocycles. The molecule has 1 aromatic heterocycles. The smallest absolute Gasteiger partial charge is 0.209 e. The third-order valence-electron chi connectivity index (χ3n) is 1.90. The molecule has 7 heteroatoms. The molecule has 3 N–H and O–H groups in total. The standard InChI is InChI=1S/C9H18N4O2S/c1-9(2,13-16(3,14)15)7-10-6-8-4-5-11-12-8/h4-5,10,13H,6-7H2,1-3H3,(H,11,12). The van der Waals surface area contributed by atoms with E-state index in [0.717, 1.165) is 11.9 Å². The number of hydrogen-bond donors (Lipinski definition) is 3. The molecule has 0 fully saturated rings. The lowest BCUT2D eigenvalue weighted by Crippen LogP contribution is -2.49. The number of sulfonamides is 1. The van der Waals surface area contributed by atoms with Crippen molar-refractivity contribution in [2.75, 3.05) is 12.8 Å². The minimum Gasteiger partial charge on any atom is -0.309 e. The molecule has 0 radical (unpaired) electrons. The van der Waals surface area contributed by atoms with Crippen LogP contribution in [0.3, 0.4) is 0 Å². The van der Waals surface area contributed by atoms with Gasteiger partial charge in [0.25, 0.3) is 0 Å². The molecule has 0 amide bonds. The first-order valence-electron chi connectivity index (χ1n) is 4.96. The zero-order valence-corrected chi connectivity index (χ0v) is 10.6. The van der Waals surface area contributed by atoms with Crippen LogP contribution in [0.2, 0.25) is 0 Å². The highest BCUT2D eigenvalue weighted by Gasteiger charge is 2.21. The van der Waals surface area contributed by atoms with Crippen molar-refractivity contribution in [3.05, 3.63) is 18.0 Å². The molecule has 0 saturated heterocycles. The Morgan fingerprint density at radius 1 is 1.50 bits per heavy atom. The fourth-order valence-corrected chi connectivity index (χ4v) is 2.51. The van der Waals surface area contributed by atoms with Crippen LogP contribution >= 0.6 is 0 Å². The van der Waals surface area contributed by atoms with Crippen molar-refractivity contribution in [2.24, 2.45) is 0 Å². The van der Waals surface area contributed by atoms with Crippen molar-refractivity contribution >= 4 is 10.0 Å². The minimum absolute atomic E-state index is 0.506. The molecule has 0 aromatic carbocycles. The van der Waals surface area contributed by atoms with Crippen LogP contribution < -0.4 is 10.0 Å². The quantitative estimate of drug-likeness (QED) is 0.650. The first-order chi connectivity index (χ1) is 7.29. The summed E-state index contributed by atoms with van der Waals surface area (Å²) in [7, 11) is -3.18. The van der Waals surface area contributed by atoms with E-state index in [9.17, 15) is 8.42 Å². The summed E-state index contributed by atoms with van der Waals surface area (Å²) in [5, 5.41) is 9.79. The van der Waals surface area contributed by atoms with Gasteiger partial charge in [0.05, 0.1) is 6.26 Å². The van der Waals surface area contributed by atoms with E-state index >= 15 is 0 Å². The molecular formula is C9H18N4O2S. The maximum atomic E-state index is 11.1. The van der Waals surface area contributed by atoms with E-state index < -0.39 is 15.6 Å². The topological polar surface area (TPSA) is 86.9 Å². The first kappa shape index (κ1) is 13.1. The minimum atomic E-state index is -3.18. The van der Waals surface area contributed by atoms with E-state index in [4.69, 9.17) is 0 Å². The number of H-pyrrole nitrogens is 1. The molecule has 0 aliphatic rings. The Morgan fingerprint density at radius 3 is 2.69 bits per heavy atom. The van der Waals surface area contributed by atoms with E-state index in [-0.39, 0.29) is 0 Å². The fraction of sp³-hybridized carbons (Fsp3) is 0.667. The van der Waals surface area contributed by atoms with E-state index in [1.807, 2.05) is 19.9 Å². The van der Waals surface area contributed by atoms with Crippen LogP contribution in [0.15, 0.2) is 12.3 Å². The highest BCUT2D eigenvalue weighted by atomic mass is 32.2. The van der Waals surface area contributed by atoms with Gasteiger partial charge in [-0.2, -0.15) is 5.10 Å². The lowest BCUT2D eigenvalue weighted by molar-refractivity contribution is 0.420. The second-order valence-corrected chi connectivity index (χ2v) is 6.19. The summed E-state index contributed by atoms with van der Waals surface area (Å²) in [6.45, 7) is 4.83. The molecule has 0 unspecified atom stereocenters. The first-order valence-corrected chi connectivity index (χ1v) is 6.86. The van der Waals surface area contributed by atoms with Gasteiger partial charge in [0, 0.05) is 30.5 Å². The van der Waals surface area contributed by atoms with Crippen molar-refractivity contribution in [1.82, 2.24) is 20.2 Å². The molecule has 0 spiro atoms. The van der Waals surface area contributed by atoms with Crippen LogP contribution in [0.5, 0.6) is 0 Å². The third-order valence-corrected chi connectivity index (χ3v) is 2.83. The molecule has 1 rings (SSSR count). The summed E-state index contributed by atoms with van der Waals surface area (Å²) < 4.78 is 24.7. The Kier molecular flexibility index (Phi) is 4.06. The number of nitrogens with one attached hydrogen (secondary N) is 3. The summed E-state index contributed by atoms with van der Waals surface area (Å²) in [5.41, 5.74) is 0.461. The second kappa shape index (κ2) is 4.94. The van der Waals surface area contributed by atoms with Crippen LogP contribution in [0, 0.1) is 0 Å². The predicted octanol–water partition coefficient (Wildman–Crippen LogP) is -0.173. The molecule has 0 atom stereocenters. The van der Waals surface area contributed by atoms with E-state index in [1.54, 1.807) is 6.20 Å². The van der Waals surface area contributed by atoms with Crippen LogP contribution in [-0.4, -0.2) is 37.0 Å². The molecular weight excluding hydrogens is 228 g/mol. The van der Waals surface area contributed by atoms with Gasteiger partial charge in [0.2, 0.25) is 10.0 Å². The summed E-state index contributed by atoms with van der Waals surface area (Å²) in [4.78, 5) is 0. The molecule has 0 aliphatic carbocycles. The normalized spacial score (nSPS) is 12.9. The fourth-order valence-electron chi connectivity index (χ4n) is 1.43. The van der Waals surface area contributed by atoms with Crippen LogP contribution in [0.4, 0.5) is 0 Å². The van der Waals surface area contributed by atoms with Crippen molar-refractivity contribution < 1.29 is 8.42 Å². The summed E-state index contributed by atoms with van der Waals surface area (Å²) in [6, 6.07) is 1.87. The zero-order valence-electron chi connectivity index (χ0n) is 9.74. The van der Waals surface area contributed by atoms with Gasteiger partial charge in [-0.05, 0) is 19.9 Å². The Morgan fingerprint density at radius 2 is 2.19 bits per heavy atom. The highest BCUT2D eigenvalue weighted by molar-refractivity contribution is 7.88. The predicted molar refractivity (Wildman–Crippen MR) is 62.4 cm³/mol. The van der Waals surface area contributed by atoms with Crippen LogP contribution in [-0.2, 0) is 16.6 Å². The largest absolute Gasteiger partial charge is 0.309 e. The number of hydrogen-bond acceptors (Lipinski definition) is 4. The summed E-state index contributed by atoms with van der Waals surface area (Å²) in [6.07, 6.45) is 2.83. The maximum Gasteiger partial charge on any atom is 0.209 e. The van der Waals surface area contributed by atoms with E-state index in [2.05, 4.69) is 20.2 Å². The maximum absolute atomic E-state index is 11.1. The number of aromatic nitrogens is 2. The van der Waals surface area contributed by atoms with Crippen molar-refractivity contribution in [1.29, 1.82) is 0 Å². The second-order valence-electron chi connectivity index (χ2n) is 4.44. The van der Waals surface area contributed by atoms with Gasteiger partial charge in [-0.15, -0.1) is 0 Å². The molecule has 6 nitrogen and oxygen atoms in total. The Balaban J connectivity index is 2.36.